The third-order valence-corrected chi connectivity index (χ3v) is 8.32. The Labute approximate surface area is 241 Å². The third-order valence-electron chi connectivity index (χ3n) is 8.32. The fraction of sp³-hybridized carbons (Fsp3) is 0. The number of hydrogen-bond donors (Lipinski definition) is 0. The number of aromatic nitrogens is 3. The Balaban J connectivity index is 1.40. The van der Waals surface area contributed by atoms with Gasteiger partial charge in [0.2, 0.25) is 0 Å². The highest BCUT2D eigenvalue weighted by Gasteiger charge is 2.22. The molecule has 0 spiro atoms. The Kier molecular flexibility index (Phi) is 4.87. The largest absolute Gasteiger partial charge is 0.455 e. The first kappa shape index (κ1) is 23.0. The van der Waals surface area contributed by atoms with Crippen LogP contribution < -0.4 is 0 Å². The summed E-state index contributed by atoms with van der Waals surface area (Å²) in [6, 6.07) is 44.9. The van der Waals surface area contributed by atoms with E-state index in [0.29, 0.717) is 5.82 Å². The molecule has 6 aromatic carbocycles. The van der Waals surface area contributed by atoms with E-state index in [2.05, 4.69) is 130 Å². The summed E-state index contributed by atoms with van der Waals surface area (Å²) in [5.74, 6) is 0.657. The van der Waals surface area contributed by atoms with Crippen molar-refractivity contribution in [1.82, 2.24) is 14.5 Å². The van der Waals surface area contributed by atoms with E-state index < -0.39 is 0 Å². The SMILES string of the molecule is c1ccc(-c2ccc(-n3c4ccc5ccccc5c4c4c5c(ccc43)oc3c(-c4ncccn4)cccc35)cc2)cc1. The molecule has 3 heterocycles. The van der Waals surface area contributed by atoms with Gasteiger partial charge in [-0.2, -0.15) is 0 Å². The summed E-state index contributed by atoms with van der Waals surface area (Å²) in [5, 5.41) is 7.03. The molecule has 9 aromatic rings. The summed E-state index contributed by atoms with van der Waals surface area (Å²) in [4.78, 5) is 9.04. The van der Waals surface area contributed by atoms with Crippen LogP contribution in [0.2, 0.25) is 0 Å². The van der Waals surface area contributed by atoms with E-state index in [9.17, 15) is 0 Å². The molecule has 4 nitrogen and oxygen atoms in total. The Morgan fingerprint density at radius 1 is 0.500 bits per heavy atom. The van der Waals surface area contributed by atoms with E-state index in [0.717, 1.165) is 38.7 Å². The van der Waals surface area contributed by atoms with Crippen molar-refractivity contribution in [3.8, 4) is 28.2 Å². The molecule has 0 saturated carbocycles. The predicted octanol–water partition coefficient (Wildman–Crippen LogP) is 9.96. The molecule has 0 aliphatic carbocycles. The molecule has 0 unspecified atom stereocenters. The van der Waals surface area contributed by atoms with Crippen molar-refractivity contribution >= 4 is 54.5 Å². The normalized spacial score (nSPS) is 11.8. The van der Waals surface area contributed by atoms with Gasteiger partial charge >= 0.3 is 0 Å². The molecule has 0 radical (unpaired) electrons. The summed E-state index contributed by atoms with van der Waals surface area (Å²) in [5.41, 5.74) is 8.39. The molecular formula is C38H23N3O. The zero-order valence-corrected chi connectivity index (χ0v) is 22.5. The number of hydrogen-bond acceptors (Lipinski definition) is 3. The number of nitrogens with zero attached hydrogens (tertiary/aromatic N) is 3. The summed E-state index contributed by atoms with van der Waals surface area (Å²) >= 11 is 0. The Morgan fingerprint density at radius 2 is 1.21 bits per heavy atom. The average molecular weight is 538 g/mol. The van der Waals surface area contributed by atoms with E-state index in [1.807, 2.05) is 12.1 Å². The minimum Gasteiger partial charge on any atom is -0.455 e. The maximum Gasteiger partial charge on any atom is 0.162 e. The molecule has 0 amide bonds. The molecule has 3 aromatic heterocycles. The quantitative estimate of drug-likeness (QED) is 0.225. The lowest BCUT2D eigenvalue weighted by Crippen LogP contribution is -1.93. The van der Waals surface area contributed by atoms with E-state index in [1.165, 1.54) is 38.2 Å². The van der Waals surface area contributed by atoms with Crippen LogP contribution in [-0.2, 0) is 0 Å². The van der Waals surface area contributed by atoms with Crippen molar-refractivity contribution in [3.63, 3.8) is 0 Å². The van der Waals surface area contributed by atoms with Crippen LogP contribution in [-0.4, -0.2) is 14.5 Å². The molecule has 0 bridgehead atoms. The zero-order chi connectivity index (χ0) is 27.6. The first-order chi connectivity index (χ1) is 20.8. The van der Waals surface area contributed by atoms with Crippen LogP contribution in [0, 0.1) is 0 Å². The van der Waals surface area contributed by atoms with Crippen molar-refractivity contribution in [2.24, 2.45) is 0 Å². The molecule has 9 rings (SSSR count). The van der Waals surface area contributed by atoms with Crippen LogP contribution >= 0.6 is 0 Å². The summed E-state index contributed by atoms with van der Waals surface area (Å²) < 4.78 is 8.98. The maximum atomic E-state index is 6.60. The molecule has 42 heavy (non-hydrogen) atoms. The smallest absolute Gasteiger partial charge is 0.162 e. The van der Waals surface area contributed by atoms with Gasteiger partial charge < -0.3 is 8.98 Å². The van der Waals surface area contributed by atoms with Crippen molar-refractivity contribution in [2.75, 3.05) is 0 Å². The molecule has 0 N–H and O–H groups in total. The monoisotopic (exact) mass is 537 g/mol. The van der Waals surface area contributed by atoms with Gasteiger partial charge in [0.05, 0.1) is 16.6 Å². The lowest BCUT2D eigenvalue weighted by molar-refractivity contribution is 0.670. The first-order valence-corrected chi connectivity index (χ1v) is 14.1. The fourth-order valence-corrected chi connectivity index (χ4v) is 6.48. The van der Waals surface area contributed by atoms with Crippen LogP contribution in [0.15, 0.2) is 144 Å². The van der Waals surface area contributed by atoms with Gasteiger partial charge in [-0.25, -0.2) is 9.97 Å². The van der Waals surface area contributed by atoms with Crippen LogP contribution in [0.5, 0.6) is 0 Å². The number of furan rings is 1. The topological polar surface area (TPSA) is 43.9 Å². The van der Waals surface area contributed by atoms with Crippen LogP contribution in [0.4, 0.5) is 0 Å². The van der Waals surface area contributed by atoms with Gasteiger partial charge in [-0.3, -0.25) is 0 Å². The van der Waals surface area contributed by atoms with Gasteiger partial charge in [0.1, 0.15) is 11.2 Å². The molecule has 196 valence electrons. The highest BCUT2D eigenvalue weighted by Crippen LogP contribution is 2.45. The second-order valence-corrected chi connectivity index (χ2v) is 10.6. The van der Waals surface area contributed by atoms with Gasteiger partial charge in [-0.05, 0) is 64.4 Å². The zero-order valence-electron chi connectivity index (χ0n) is 22.5. The molecule has 0 aliphatic heterocycles. The first-order valence-electron chi connectivity index (χ1n) is 14.1. The molecular weight excluding hydrogens is 514 g/mol. The molecule has 0 saturated heterocycles. The lowest BCUT2D eigenvalue weighted by atomic mass is 10.00. The van der Waals surface area contributed by atoms with Crippen molar-refractivity contribution in [3.05, 3.63) is 140 Å². The van der Waals surface area contributed by atoms with Gasteiger partial charge in [0, 0.05) is 39.6 Å². The lowest BCUT2D eigenvalue weighted by Gasteiger charge is -2.10. The van der Waals surface area contributed by atoms with E-state index >= 15 is 0 Å². The Bertz CT molecular complexity index is 2440. The second-order valence-electron chi connectivity index (χ2n) is 10.6. The van der Waals surface area contributed by atoms with Gasteiger partial charge in [0.25, 0.3) is 0 Å². The maximum absolute atomic E-state index is 6.60. The standard InChI is InChI=1S/C38H23N3O/c1-2-8-24(9-3-1)25-14-17-27(18-15-25)41-31-19-16-26-10-4-5-11-28(26)34(31)36-32(41)20-21-33-35(36)29-12-6-13-30(37(29)42-33)38-39-22-7-23-40-38/h1-23H. The number of para-hydroxylation sites is 1. The summed E-state index contributed by atoms with van der Waals surface area (Å²) in [7, 11) is 0. The minimum atomic E-state index is 0.657. The minimum absolute atomic E-state index is 0.657. The van der Waals surface area contributed by atoms with E-state index in [1.54, 1.807) is 12.4 Å². The summed E-state index contributed by atoms with van der Waals surface area (Å²) in [6.07, 6.45) is 3.54. The van der Waals surface area contributed by atoms with E-state index in [-0.39, 0.29) is 0 Å². The molecule has 0 fully saturated rings. The van der Waals surface area contributed by atoms with E-state index in [4.69, 9.17) is 4.42 Å². The fourth-order valence-electron chi connectivity index (χ4n) is 6.48. The Morgan fingerprint density at radius 3 is 2.07 bits per heavy atom. The molecule has 0 atom stereocenters. The van der Waals surface area contributed by atoms with Crippen LogP contribution in [0.1, 0.15) is 0 Å². The highest BCUT2D eigenvalue weighted by molar-refractivity contribution is 6.32. The number of rotatable bonds is 3. The average Bonchev–Trinajstić information content (AvgIpc) is 3.61. The number of fused-ring (bicyclic) bond motifs is 9. The van der Waals surface area contributed by atoms with Crippen LogP contribution in [0.3, 0.4) is 0 Å². The Hall–Kier alpha value is -5.74. The van der Waals surface area contributed by atoms with Gasteiger partial charge in [-0.1, -0.05) is 84.9 Å². The second kappa shape index (κ2) is 8.88. The van der Waals surface area contributed by atoms with Crippen LogP contribution in [0.25, 0.3) is 82.7 Å². The van der Waals surface area contributed by atoms with Crippen molar-refractivity contribution in [2.45, 2.75) is 0 Å². The van der Waals surface area contributed by atoms with Crippen molar-refractivity contribution < 1.29 is 4.42 Å². The summed E-state index contributed by atoms with van der Waals surface area (Å²) in [6.45, 7) is 0. The molecule has 0 aliphatic rings. The highest BCUT2D eigenvalue weighted by atomic mass is 16.3. The predicted molar refractivity (Wildman–Crippen MR) is 172 cm³/mol. The number of benzene rings is 6. The third kappa shape index (κ3) is 3.29. The molecule has 4 heteroatoms. The van der Waals surface area contributed by atoms with Crippen molar-refractivity contribution in [1.29, 1.82) is 0 Å². The van der Waals surface area contributed by atoms with Gasteiger partial charge in [-0.15, -0.1) is 0 Å². The van der Waals surface area contributed by atoms with Gasteiger partial charge in [0.15, 0.2) is 5.82 Å².